The topological polar surface area (TPSA) is 50.8 Å². The van der Waals surface area contributed by atoms with E-state index in [0.717, 1.165) is 48.5 Å². The summed E-state index contributed by atoms with van der Waals surface area (Å²) in [6.45, 7) is 3.59. The zero-order chi connectivity index (χ0) is 25.5. The molecule has 0 aromatic heterocycles. The highest BCUT2D eigenvalue weighted by Gasteiger charge is 2.22. The summed E-state index contributed by atoms with van der Waals surface area (Å²) >= 11 is 11.9. The highest BCUT2D eigenvalue weighted by atomic mass is 35.5. The number of benzene rings is 3. The van der Waals surface area contributed by atoms with Crippen LogP contribution in [0.25, 0.3) is 0 Å². The Bertz CT molecular complexity index is 1210. The molecule has 3 aromatic carbocycles. The molecule has 1 fully saturated rings. The molecule has 0 atom stereocenters. The Morgan fingerprint density at radius 3 is 2.53 bits per heavy atom. The number of thiocarbonyl (C=S) groups is 1. The monoisotopic (exact) mass is 522 g/mol. The number of methoxy groups -OCH3 is 1. The maximum absolute atomic E-state index is 12.4. The molecule has 1 aliphatic heterocycles. The molecule has 188 valence electrons. The fourth-order valence-electron chi connectivity index (χ4n) is 4.46. The number of piperidine rings is 1. The second-order valence-electron chi connectivity index (χ2n) is 9.04. The second-order valence-corrected chi connectivity index (χ2v) is 9.83. The third kappa shape index (κ3) is 6.56. The molecule has 0 radical (unpaired) electrons. The van der Waals surface area contributed by atoms with Crippen molar-refractivity contribution < 1.29 is 14.3 Å². The smallest absolute Gasteiger partial charge is 0.262 e. The summed E-state index contributed by atoms with van der Waals surface area (Å²) in [5.74, 6) is 1.43. The summed E-state index contributed by atoms with van der Waals surface area (Å²) in [5.41, 5.74) is 3.79. The average Bonchev–Trinajstić information content (AvgIpc) is 2.90. The van der Waals surface area contributed by atoms with Crippen LogP contribution < -0.4 is 14.8 Å². The van der Waals surface area contributed by atoms with Gasteiger partial charge in [0.05, 0.1) is 7.11 Å². The molecule has 1 N–H and O–H groups in total. The van der Waals surface area contributed by atoms with Gasteiger partial charge in [-0.3, -0.25) is 4.79 Å². The summed E-state index contributed by atoms with van der Waals surface area (Å²) in [5, 5.41) is 3.43. The van der Waals surface area contributed by atoms with Crippen LogP contribution in [0, 0.1) is 12.8 Å². The number of nitrogens with one attached hydrogen (secondary N) is 1. The molecule has 1 aliphatic rings. The van der Waals surface area contributed by atoms with Crippen LogP contribution in [0.2, 0.25) is 5.02 Å². The van der Waals surface area contributed by atoms with Crippen LogP contribution in [0.15, 0.2) is 66.7 Å². The van der Waals surface area contributed by atoms with Crippen LogP contribution in [0.1, 0.15) is 29.5 Å². The first-order valence-electron chi connectivity index (χ1n) is 12.1. The summed E-state index contributed by atoms with van der Waals surface area (Å²) in [7, 11) is 1.58. The van der Waals surface area contributed by atoms with Crippen molar-refractivity contribution in [3.05, 3.63) is 88.4 Å². The van der Waals surface area contributed by atoms with Crippen molar-refractivity contribution >= 4 is 40.4 Å². The van der Waals surface area contributed by atoms with Gasteiger partial charge in [-0.25, -0.2) is 0 Å². The number of hydrogen-bond acceptors (Lipinski definition) is 4. The maximum atomic E-state index is 12.4. The van der Waals surface area contributed by atoms with E-state index >= 15 is 0 Å². The van der Waals surface area contributed by atoms with E-state index in [0.29, 0.717) is 28.1 Å². The number of rotatable bonds is 8. The van der Waals surface area contributed by atoms with Gasteiger partial charge in [-0.2, -0.15) is 0 Å². The molecular weight excluding hydrogens is 492 g/mol. The lowest BCUT2D eigenvalue weighted by molar-refractivity contribution is -0.118. The molecule has 7 heteroatoms. The highest BCUT2D eigenvalue weighted by molar-refractivity contribution is 7.80. The van der Waals surface area contributed by atoms with Crippen molar-refractivity contribution in [3.63, 3.8) is 0 Å². The van der Waals surface area contributed by atoms with Gasteiger partial charge in [-0.15, -0.1) is 0 Å². The van der Waals surface area contributed by atoms with Crippen LogP contribution in [0.5, 0.6) is 11.5 Å². The number of nitrogens with zero attached hydrogens (tertiary/aromatic N) is 1. The van der Waals surface area contributed by atoms with Crippen molar-refractivity contribution in [3.8, 4) is 11.5 Å². The van der Waals surface area contributed by atoms with Crippen LogP contribution >= 0.6 is 23.8 Å². The van der Waals surface area contributed by atoms with Gasteiger partial charge in [-0.05, 0) is 73.6 Å². The third-order valence-electron chi connectivity index (χ3n) is 6.58. The van der Waals surface area contributed by atoms with Crippen molar-refractivity contribution in [1.29, 1.82) is 0 Å². The second kappa shape index (κ2) is 12.2. The number of anilines is 1. The Morgan fingerprint density at radius 2 is 1.81 bits per heavy atom. The van der Waals surface area contributed by atoms with E-state index in [9.17, 15) is 4.79 Å². The lowest BCUT2D eigenvalue weighted by Gasteiger charge is -2.34. The molecule has 5 nitrogen and oxygen atoms in total. The SMILES string of the molecule is COc1cc(C(=S)N2CCC(Cc3ccccc3)CC2)ccc1OCC(=O)Nc1cccc(Cl)c1C. The molecule has 36 heavy (non-hydrogen) atoms. The molecule has 0 bridgehead atoms. The number of carbonyl (C=O) groups is 1. The zero-order valence-corrected chi connectivity index (χ0v) is 22.2. The highest BCUT2D eigenvalue weighted by Crippen LogP contribution is 2.30. The van der Waals surface area contributed by atoms with E-state index in [1.54, 1.807) is 31.4 Å². The van der Waals surface area contributed by atoms with Crippen LogP contribution in [0.4, 0.5) is 5.69 Å². The van der Waals surface area contributed by atoms with Gasteiger partial charge in [0.15, 0.2) is 18.1 Å². The van der Waals surface area contributed by atoms with E-state index in [1.807, 2.05) is 19.1 Å². The number of hydrogen-bond donors (Lipinski definition) is 1. The van der Waals surface area contributed by atoms with E-state index < -0.39 is 0 Å². The number of halogens is 1. The molecule has 0 spiro atoms. The van der Waals surface area contributed by atoms with Crippen LogP contribution in [-0.4, -0.2) is 42.6 Å². The van der Waals surface area contributed by atoms with Gasteiger partial charge >= 0.3 is 0 Å². The maximum Gasteiger partial charge on any atom is 0.262 e. The molecule has 0 unspecified atom stereocenters. The lowest BCUT2D eigenvalue weighted by Crippen LogP contribution is -2.38. The van der Waals surface area contributed by atoms with Gasteiger partial charge in [0, 0.05) is 29.4 Å². The summed E-state index contributed by atoms with van der Waals surface area (Å²) < 4.78 is 11.3. The zero-order valence-electron chi connectivity index (χ0n) is 20.6. The standard InChI is InChI=1S/C29H31ClN2O3S/c1-20-24(30)9-6-10-25(20)31-28(33)19-35-26-12-11-23(18-27(26)34-2)29(36)32-15-13-22(14-16-32)17-21-7-4-3-5-8-21/h3-12,18,22H,13-17,19H2,1-2H3,(H,31,33). The summed E-state index contributed by atoms with van der Waals surface area (Å²) in [6, 6.07) is 21.7. The van der Waals surface area contributed by atoms with E-state index in [2.05, 4.69) is 40.5 Å². The minimum Gasteiger partial charge on any atom is -0.493 e. The van der Waals surface area contributed by atoms with Gasteiger partial charge in [0.25, 0.3) is 5.91 Å². The minimum absolute atomic E-state index is 0.152. The first-order chi connectivity index (χ1) is 17.4. The lowest BCUT2D eigenvalue weighted by atomic mass is 9.90. The Labute approximate surface area is 223 Å². The van der Waals surface area contributed by atoms with Crippen LogP contribution in [-0.2, 0) is 11.2 Å². The number of ether oxygens (including phenoxy) is 2. The van der Waals surface area contributed by atoms with Gasteiger partial charge < -0.3 is 19.7 Å². The Morgan fingerprint density at radius 1 is 1.06 bits per heavy atom. The molecule has 4 rings (SSSR count). The fourth-order valence-corrected chi connectivity index (χ4v) is 4.95. The van der Waals surface area contributed by atoms with Gasteiger partial charge in [-0.1, -0.05) is 60.2 Å². The molecule has 0 saturated carbocycles. The van der Waals surface area contributed by atoms with Crippen molar-refractivity contribution in [2.75, 3.05) is 32.1 Å². The van der Waals surface area contributed by atoms with Gasteiger partial charge in [0.2, 0.25) is 0 Å². The molecule has 1 saturated heterocycles. The molecule has 3 aromatic rings. The number of amides is 1. The number of likely N-dealkylation sites (tertiary alicyclic amines) is 1. The molecule has 0 aliphatic carbocycles. The Kier molecular flexibility index (Phi) is 8.83. The molecule has 1 amide bonds. The Hall–Kier alpha value is -3.09. The summed E-state index contributed by atoms with van der Waals surface area (Å²) in [6.07, 6.45) is 3.36. The predicted octanol–water partition coefficient (Wildman–Crippen LogP) is 6.30. The normalized spacial score (nSPS) is 13.8. The fraction of sp³-hybridized carbons (Fsp3) is 0.310. The molecular formula is C29H31ClN2O3S. The van der Waals surface area contributed by atoms with Crippen molar-refractivity contribution in [1.82, 2.24) is 4.90 Å². The Balaban J connectivity index is 1.32. The summed E-state index contributed by atoms with van der Waals surface area (Å²) in [4.78, 5) is 15.5. The largest absolute Gasteiger partial charge is 0.493 e. The first kappa shape index (κ1) is 26.0. The third-order valence-corrected chi connectivity index (χ3v) is 7.48. The first-order valence-corrected chi connectivity index (χ1v) is 12.9. The van der Waals surface area contributed by atoms with E-state index in [4.69, 9.17) is 33.3 Å². The molecule has 1 heterocycles. The number of carbonyl (C=O) groups excluding carboxylic acids is 1. The van der Waals surface area contributed by atoms with Crippen LogP contribution in [0.3, 0.4) is 0 Å². The van der Waals surface area contributed by atoms with E-state index in [-0.39, 0.29) is 12.5 Å². The van der Waals surface area contributed by atoms with Gasteiger partial charge in [0.1, 0.15) is 4.99 Å². The van der Waals surface area contributed by atoms with Crippen molar-refractivity contribution in [2.45, 2.75) is 26.2 Å². The van der Waals surface area contributed by atoms with Crippen molar-refractivity contribution in [2.24, 2.45) is 5.92 Å². The quantitative estimate of drug-likeness (QED) is 0.351. The predicted molar refractivity (Wildman–Crippen MR) is 149 cm³/mol. The minimum atomic E-state index is -0.277. The average molecular weight is 523 g/mol. The van der Waals surface area contributed by atoms with E-state index in [1.165, 1.54) is 5.56 Å².